The minimum Gasteiger partial charge on any atom is -0.253 e. The van der Waals surface area contributed by atoms with Crippen LogP contribution in [0.25, 0.3) is 11.3 Å². The SMILES string of the molecule is C=CCN=c1scc(-c2ccccc2Br)n1N=Cc1ccccc1. The second-order valence-electron chi connectivity index (χ2n) is 4.98. The van der Waals surface area contributed by atoms with Crippen LogP contribution in [0.5, 0.6) is 0 Å². The van der Waals surface area contributed by atoms with Crippen molar-refractivity contribution in [3.05, 3.63) is 87.5 Å². The zero-order chi connectivity index (χ0) is 16.8. The van der Waals surface area contributed by atoms with E-state index < -0.39 is 0 Å². The Morgan fingerprint density at radius 1 is 1.08 bits per heavy atom. The molecule has 1 heterocycles. The van der Waals surface area contributed by atoms with Gasteiger partial charge in [0.15, 0.2) is 0 Å². The molecule has 0 saturated heterocycles. The Balaban J connectivity index is 2.11. The van der Waals surface area contributed by atoms with Crippen molar-refractivity contribution in [2.24, 2.45) is 10.1 Å². The smallest absolute Gasteiger partial charge is 0.206 e. The Hall–Kier alpha value is -2.24. The zero-order valence-electron chi connectivity index (χ0n) is 13.0. The summed E-state index contributed by atoms with van der Waals surface area (Å²) in [7, 11) is 0. The van der Waals surface area contributed by atoms with Crippen LogP contribution in [0.15, 0.2) is 87.2 Å². The number of hydrogen-bond acceptors (Lipinski definition) is 3. The quantitative estimate of drug-likeness (QED) is 0.430. The molecule has 3 nitrogen and oxygen atoms in total. The molecule has 2 aromatic carbocycles. The highest BCUT2D eigenvalue weighted by molar-refractivity contribution is 9.10. The van der Waals surface area contributed by atoms with Gasteiger partial charge in [-0.2, -0.15) is 5.10 Å². The van der Waals surface area contributed by atoms with Gasteiger partial charge in [0.1, 0.15) is 0 Å². The summed E-state index contributed by atoms with van der Waals surface area (Å²) in [5.74, 6) is 0. The number of thiazole rings is 1. The molecule has 24 heavy (non-hydrogen) atoms. The predicted octanol–water partition coefficient (Wildman–Crippen LogP) is 4.95. The second-order valence-corrected chi connectivity index (χ2v) is 6.67. The summed E-state index contributed by atoms with van der Waals surface area (Å²) in [4.78, 5) is 5.39. The van der Waals surface area contributed by atoms with Gasteiger partial charge in [-0.1, -0.05) is 70.5 Å². The van der Waals surface area contributed by atoms with E-state index >= 15 is 0 Å². The monoisotopic (exact) mass is 397 g/mol. The first-order valence-corrected chi connectivity index (χ1v) is 9.13. The summed E-state index contributed by atoms with van der Waals surface area (Å²) in [6, 6.07) is 18.1. The van der Waals surface area contributed by atoms with Crippen LogP contribution in [0.3, 0.4) is 0 Å². The minimum absolute atomic E-state index is 0.566. The van der Waals surface area contributed by atoms with Gasteiger partial charge in [0, 0.05) is 15.4 Å². The molecule has 0 fully saturated rings. The van der Waals surface area contributed by atoms with Crippen molar-refractivity contribution in [2.75, 3.05) is 6.54 Å². The molecule has 0 unspecified atom stereocenters. The first-order chi connectivity index (χ1) is 11.8. The van der Waals surface area contributed by atoms with E-state index in [1.165, 1.54) is 0 Å². The number of rotatable bonds is 5. The maximum Gasteiger partial charge on any atom is 0.206 e. The van der Waals surface area contributed by atoms with Gasteiger partial charge >= 0.3 is 0 Å². The topological polar surface area (TPSA) is 29.6 Å². The van der Waals surface area contributed by atoms with Crippen LogP contribution in [-0.2, 0) is 0 Å². The van der Waals surface area contributed by atoms with Gasteiger partial charge in [-0.3, -0.25) is 4.99 Å². The maximum absolute atomic E-state index is 4.66. The largest absolute Gasteiger partial charge is 0.253 e. The Morgan fingerprint density at radius 3 is 2.58 bits per heavy atom. The first kappa shape index (κ1) is 16.6. The molecule has 0 aliphatic rings. The van der Waals surface area contributed by atoms with Crippen molar-refractivity contribution in [3.8, 4) is 11.3 Å². The predicted molar refractivity (Wildman–Crippen MR) is 106 cm³/mol. The summed E-state index contributed by atoms with van der Waals surface area (Å²) in [6.45, 7) is 4.30. The van der Waals surface area contributed by atoms with Crippen molar-refractivity contribution < 1.29 is 0 Å². The molecule has 3 rings (SSSR count). The lowest BCUT2D eigenvalue weighted by atomic mass is 10.2. The number of benzene rings is 2. The molecule has 1 aromatic heterocycles. The molecule has 3 aromatic rings. The minimum atomic E-state index is 0.566. The van der Waals surface area contributed by atoms with Crippen molar-refractivity contribution in [1.82, 2.24) is 4.68 Å². The number of halogens is 1. The Labute approximate surface area is 153 Å². The molecule has 5 heteroatoms. The van der Waals surface area contributed by atoms with E-state index in [1.807, 2.05) is 59.4 Å². The standard InChI is InChI=1S/C19H16BrN3S/c1-2-12-21-19-23(22-13-15-8-4-3-5-9-15)18(14-24-19)16-10-6-7-11-17(16)20/h2-11,13-14H,1,12H2. The molecule has 0 amide bonds. The van der Waals surface area contributed by atoms with E-state index in [-0.39, 0.29) is 0 Å². The maximum atomic E-state index is 4.66. The van der Waals surface area contributed by atoms with Crippen LogP contribution < -0.4 is 4.80 Å². The number of hydrogen-bond donors (Lipinski definition) is 0. The van der Waals surface area contributed by atoms with Crippen molar-refractivity contribution in [2.45, 2.75) is 0 Å². The molecule has 0 N–H and O–H groups in total. The second kappa shape index (κ2) is 8.04. The van der Waals surface area contributed by atoms with Gasteiger partial charge in [0.25, 0.3) is 0 Å². The fourth-order valence-electron chi connectivity index (χ4n) is 2.18. The van der Waals surface area contributed by atoms with Crippen molar-refractivity contribution in [1.29, 1.82) is 0 Å². The molecule has 0 atom stereocenters. The third-order valence-corrected chi connectivity index (χ3v) is 4.86. The van der Waals surface area contributed by atoms with Crippen molar-refractivity contribution >= 4 is 33.5 Å². The van der Waals surface area contributed by atoms with Crippen LogP contribution >= 0.6 is 27.3 Å². The van der Waals surface area contributed by atoms with E-state index in [2.05, 4.69) is 44.0 Å². The van der Waals surface area contributed by atoms with Gasteiger partial charge in [-0.15, -0.1) is 17.9 Å². The van der Waals surface area contributed by atoms with Crippen molar-refractivity contribution in [3.63, 3.8) is 0 Å². The third kappa shape index (κ3) is 3.80. The first-order valence-electron chi connectivity index (χ1n) is 7.46. The normalized spacial score (nSPS) is 12.0. The molecule has 0 radical (unpaired) electrons. The summed E-state index contributed by atoms with van der Waals surface area (Å²) >= 11 is 5.19. The van der Waals surface area contributed by atoms with E-state index in [0.717, 1.165) is 26.1 Å². The van der Waals surface area contributed by atoms with Crippen LogP contribution in [0, 0.1) is 0 Å². The lowest BCUT2D eigenvalue weighted by Crippen LogP contribution is -2.12. The molecule has 120 valence electrons. The van der Waals surface area contributed by atoms with Gasteiger partial charge < -0.3 is 0 Å². The number of nitrogens with zero attached hydrogens (tertiary/aromatic N) is 3. The van der Waals surface area contributed by atoms with Crippen LogP contribution in [-0.4, -0.2) is 17.4 Å². The molecule has 0 saturated carbocycles. The molecule has 0 spiro atoms. The van der Waals surface area contributed by atoms with Crippen LogP contribution in [0.4, 0.5) is 0 Å². The van der Waals surface area contributed by atoms with Gasteiger partial charge in [0.05, 0.1) is 18.5 Å². The average molecular weight is 398 g/mol. The highest BCUT2D eigenvalue weighted by atomic mass is 79.9. The summed E-state index contributed by atoms with van der Waals surface area (Å²) in [5, 5.41) is 6.73. The fraction of sp³-hybridized carbons (Fsp3) is 0.0526. The Bertz CT molecular complexity index is 923. The number of aromatic nitrogens is 1. The molecular weight excluding hydrogens is 382 g/mol. The summed E-state index contributed by atoms with van der Waals surface area (Å²) < 4.78 is 2.91. The average Bonchev–Trinajstić information content (AvgIpc) is 3.02. The lowest BCUT2D eigenvalue weighted by molar-refractivity contribution is 0.840. The molecule has 0 aliphatic heterocycles. The highest BCUT2D eigenvalue weighted by Gasteiger charge is 2.09. The molecular formula is C19H16BrN3S. The Morgan fingerprint density at radius 2 is 1.83 bits per heavy atom. The fourth-order valence-corrected chi connectivity index (χ4v) is 3.51. The summed E-state index contributed by atoms with van der Waals surface area (Å²) in [6.07, 6.45) is 3.63. The van der Waals surface area contributed by atoms with Crippen LogP contribution in [0.1, 0.15) is 5.56 Å². The van der Waals surface area contributed by atoms with E-state index in [1.54, 1.807) is 17.4 Å². The molecule has 0 bridgehead atoms. The van der Waals surface area contributed by atoms with E-state index in [0.29, 0.717) is 6.54 Å². The molecule has 0 aliphatic carbocycles. The van der Waals surface area contributed by atoms with Gasteiger partial charge in [-0.25, -0.2) is 4.68 Å². The third-order valence-electron chi connectivity index (χ3n) is 3.31. The summed E-state index contributed by atoms with van der Waals surface area (Å²) in [5.41, 5.74) is 3.13. The zero-order valence-corrected chi connectivity index (χ0v) is 15.4. The van der Waals surface area contributed by atoms with Gasteiger partial charge in [-0.05, 0) is 11.6 Å². The Kier molecular flexibility index (Phi) is 5.56. The van der Waals surface area contributed by atoms with E-state index in [9.17, 15) is 0 Å². The van der Waals surface area contributed by atoms with E-state index in [4.69, 9.17) is 0 Å². The highest BCUT2D eigenvalue weighted by Crippen LogP contribution is 2.28. The van der Waals surface area contributed by atoms with Gasteiger partial charge in [0.2, 0.25) is 4.80 Å². The lowest BCUT2D eigenvalue weighted by Gasteiger charge is -2.05. The van der Waals surface area contributed by atoms with Crippen LogP contribution in [0.2, 0.25) is 0 Å².